The van der Waals surface area contributed by atoms with Gasteiger partial charge in [0.15, 0.2) is 11.0 Å². The number of non-ortho nitro benzene ring substituents is 1. The summed E-state index contributed by atoms with van der Waals surface area (Å²) in [5.41, 5.74) is 2.80. The molecule has 0 saturated heterocycles. The van der Waals surface area contributed by atoms with Crippen LogP contribution in [0.15, 0.2) is 53.7 Å². The van der Waals surface area contributed by atoms with E-state index in [1.807, 2.05) is 34.6 Å². The maximum atomic E-state index is 12.8. The van der Waals surface area contributed by atoms with Gasteiger partial charge in [0.05, 0.1) is 10.7 Å². The molecule has 3 aromatic rings. The third-order valence-corrected chi connectivity index (χ3v) is 5.81. The second-order valence-corrected chi connectivity index (χ2v) is 7.51. The average Bonchev–Trinajstić information content (AvgIpc) is 3.36. The Morgan fingerprint density at radius 3 is 2.83 bits per heavy atom. The Kier molecular flexibility index (Phi) is 5.30. The van der Waals surface area contributed by atoms with E-state index >= 15 is 0 Å². The lowest BCUT2D eigenvalue weighted by molar-refractivity contribution is -0.384. The highest BCUT2D eigenvalue weighted by atomic mass is 32.2. The fourth-order valence-corrected chi connectivity index (χ4v) is 4.33. The molecule has 0 spiro atoms. The van der Waals surface area contributed by atoms with Gasteiger partial charge < -0.3 is 9.47 Å². The number of hydrogen-bond donors (Lipinski definition) is 0. The first-order chi connectivity index (χ1) is 14.1. The molecule has 2 aromatic carbocycles. The smallest absolute Gasteiger partial charge is 0.270 e. The number of para-hydroxylation sites is 1. The van der Waals surface area contributed by atoms with Crippen LogP contribution in [0.1, 0.15) is 12.5 Å². The van der Waals surface area contributed by atoms with Crippen LogP contribution < -0.4 is 4.90 Å². The molecule has 8 nitrogen and oxygen atoms in total. The number of carbonyl (C=O) groups excluding carboxylic acids is 1. The zero-order chi connectivity index (χ0) is 20.4. The van der Waals surface area contributed by atoms with E-state index in [1.54, 1.807) is 12.1 Å². The number of nitro benzene ring substituents is 1. The fraction of sp³-hybridized carbons (Fsp3) is 0.250. The van der Waals surface area contributed by atoms with Crippen LogP contribution in [0.4, 0.5) is 11.4 Å². The SMILES string of the molecule is CCn1c(SCC(=O)N2CCc3ccccc32)nnc1-c1cccc([N+](=O)[O-])c1. The number of aromatic nitrogens is 3. The number of hydrogen-bond acceptors (Lipinski definition) is 6. The Hall–Kier alpha value is -3.20. The largest absolute Gasteiger partial charge is 0.311 e. The number of rotatable bonds is 6. The van der Waals surface area contributed by atoms with Crippen molar-refractivity contribution in [3.05, 3.63) is 64.2 Å². The maximum absolute atomic E-state index is 12.8. The molecule has 1 aliphatic rings. The van der Waals surface area contributed by atoms with E-state index in [0.29, 0.717) is 29.6 Å². The van der Waals surface area contributed by atoms with Crippen molar-refractivity contribution in [1.29, 1.82) is 0 Å². The predicted molar refractivity (Wildman–Crippen MR) is 111 cm³/mol. The fourth-order valence-electron chi connectivity index (χ4n) is 3.45. The minimum Gasteiger partial charge on any atom is -0.311 e. The van der Waals surface area contributed by atoms with Gasteiger partial charge in [-0.15, -0.1) is 10.2 Å². The lowest BCUT2D eigenvalue weighted by atomic mass is 10.2. The Labute approximate surface area is 171 Å². The first kappa shape index (κ1) is 19.1. The van der Waals surface area contributed by atoms with E-state index in [4.69, 9.17) is 0 Å². The van der Waals surface area contributed by atoms with Crippen LogP contribution in [0.2, 0.25) is 0 Å². The van der Waals surface area contributed by atoms with Gasteiger partial charge in [-0.05, 0) is 25.0 Å². The minimum atomic E-state index is -0.432. The normalized spacial score (nSPS) is 12.8. The highest BCUT2D eigenvalue weighted by Gasteiger charge is 2.25. The number of thioether (sulfide) groups is 1. The van der Waals surface area contributed by atoms with Gasteiger partial charge in [0, 0.05) is 36.5 Å². The molecule has 148 valence electrons. The molecule has 29 heavy (non-hydrogen) atoms. The molecular weight excluding hydrogens is 390 g/mol. The van der Waals surface area contributed by atoms with Crippen LogP contribution in [0.25, 0.3) is 11.4 Å². The maximum Gasteiger partial charge on any atom is 0.270 e. The van der Waals surface area contributed by atoms with Crippen LogP contribution >= 0.6 is 11.8 Å². The third-order valence-electron chi connectivity index (χ3n) is 4.86. The monoisotopic (exact) mass is 409 g/mol. The van der Waals surface area contributed by atoms with Crippen LogP contribution in [0.3, 0.4) is 0 Å². The van der Waals surface area contributed by atoms with Crippen LogP contribution in [0.5, 0.6) is 0 Å². The van der Waals surface area contributed by atoms with Crippen molar-refractivity contribution >= 4 is 29.0 Å². The first-order valence-corrected chi connectivity index (χ1v) is 10.3. The van der Waals surface area contributed by atoms with Gasteiger partial charge in [0.25, 0.3) is 5.69 Å². The van der Waals surface area contributed by atoms with E-state index in [-0.39, 0.29) is 17.3 Å². The topological polar surface area (TPSA) is 94.2 Å². The van der Waals surface area contributed by atoms with Crippen molar-refractivity contribution in [3.8, 4) is 11.4 Å². The van der Waals surface area contributed by atoms with Gasteiger partial charge in [0.2, 0.25) is 5.91 Å². The van der Waals surface area contributed by atoms with Gasteiger partial charge in [-0.2, -0.15) is 0 Å². The molecule has 0 aliphatic carbocycles. The number of fused-ring (bicyclic) bond motifs is 1. The van der Waals surface area contributed by atoms with Gasteiger partial charge >= 0.3 is 0 Å². The molecule has 0 saturated carbocycles. The molecule has 0 radical (unpaired) electrons. The summed E-state index contributed by atoms with van der Waals surface area (Å²) in [6.45, 7) is 3.24. The Bertz CT molecular complexity index is 1080. The Balaban J connectivity index is 1.51. The molecule has 1 amide bonds. The summed E-state index contributed by atoms with van der Waals surface area (Å²) >= 11 is 1.33. The molecule has 1 aromatic heterocycles. The molecule has 4 rings (SSSR count). The lowest BCUT2D eigenvalue weighted by Gasteiger charge is -2.17. The quantitative estimate of drug-likeness (QED) is 0.351. The summed E-state index contributed by atoms with van der Waals surface area (Å²) in [7, 11) is 0. The van der Waals surface area contributed by atoms with Crippen molar-refractivity contribution in [2.75, 3.05) is 17.2 Å². The van der Waals surface area contributed by atoms with Crippen molar-refractivity contribution in [2.24, 2.45) is 0 Å². The second kappa shape index (κ2) is 8.04. The molecule has 1 aliphatic heterocycles. The molecule has 0 unspecified atom stereocenters. The summed E-state index contributed by atoms with van der Waals surface area (Å²) in [5.74, 6) is 0.835. The van der Waals surface area contributed by atoms with Gasteiger partial charge in [-0.1, -0.05) is 42.1 Å². The zero-order valence-electron chi connectivity index (χ0n) is 15.8. The molecule has 2 heterocycles. The van der Waals surface area contributed by atoms with E-state index in [9.17, 15) is 14.9 Å². The van der Waals surface area contributed by atoms with Gasteiger partial charge in [-0.25, -0.2) is 0 Å². The number of anilines is 1. The van der Waals surface area contributed by atoms with E-state index < -0.39 is 4.92 Å². The first-order valence-electron chi connectivity index (χ1n) is 9.27. The van der Waals surface area contributed by atoms with Crippen molar-refractivity contribution < 1.29 is 9.72 Å². The predicted octanol–water partition coefficient (Wildman–Crippen LogP) is 3.55. The Morgan fingerprint density at radius 1 is 1.21 bits per heavy atom. The molecule has 0 bridgehead atoms. The minimum absolute atomic E-state index is 0.00485. The standard InChI is InChI=1S/C20H19N5O3S/c1-2-23-19(15-7-5-8-16(12-15)25(27)28)21-22-20(23)29-13-18(26)24-11-10-14-6-3-4-9-17(14)24/h3-9,12H,2,10-11,13H2,1H3. The average molecular weight is 409 g/mol. The molecular formula is C20H19N5O3S. The second-order valence-electron chi connectivity index (χ2n) is 6.57. The van der Waals surface area contributed by atoms with E-state index in [1.165, 1.54) is 29.5 Å². The van der Waals surface area contributed by atoms with Crippen LogP contribution in [0, 0.1) is 10.1 Å². The van der Waals surface area contributed by atoms with Crippen LogP contribution in [-0.4, -0.2) is 37.9 Å². The number of benzene rings is 2. The summed E-state index contributed by atoms with van der Waals surface area (Å²) < 4.78 is 1.87. The summed E-state index contributed by atoms with van der Waals surface area (Å²) in [6, 6.07) is 14.3. The third kappa shape index (κ3) is 3.73. The van der Waals surface area contributed by atoms with Gasteiger partial charge in [0.1, 0.15) is 0 Å². The van der Waals surface area contributed by atoms with Crippen LogP contribution in [-0.2, 0) is 17.8 Å². The van der Waals surface area contributed by atoms with E-state index in [2.05, 4.69) is 16.3 Å². The highest BCUT2D eigenvalue weighted by molar-refractivity contribution is 7.99. The van der Waals surface area contributed by atoms with Crippen molar-refractivity contribution in [3.63, 3.8) is 0 Å². The van der Waals surface area contributed by atoms with Gasteiger partial charge in [-0.3, -0.25) is 14.9 Å². The summed E-state index contributed by atoms with van der Waals surface area (Å²) in [6.07, 6.45) is 0.870. The van der Waals surface area contributed by atoms with E-state index in [0.717, 1.165) is 12.1 Å². The molecule has 0 atom stereocenters. The Morgan fingerprint density at radius 2 is 2.03 bits per heavy atom. The molecule has 9 heteroatoms. The molecule has 0 fully saturated rings. The number of nitro groups is 1. The van der Waals surface area contributed by atoms with Crippen molar-refractivity contribution in [1.82, 2.24) is 14.8 Å². The summed E-state index contributed by atoms with van der Waals surface area (Å²) in [5, 5.41) is 20.1. The number of carbonyl (C=O) groups is 1. The lowest BCUT2D eigenvalue weighted by Crippen LogP contribution is -2.30. The molecule has 0 N–H and O–H groups in total. The zero-order valence-corrected chi connectivity index (χ0v) is 16.6. The number of nitrogens with zero attached hydrogens (tertiary/aromatic N) is 5. The summed E-state index contributed by atoms with van der Waals surface area (Å²) in [4.78, 5) is 25.2. The number of amides is 1. The highest BCUT2D eigenvalue weighted by Crippen LogP contribution is 2.30. The van der Waals surface area contributed by atoms with Crippen molar-refractivity contribution in [2.45, 2.75) is 25.0 Å².